The highest BCUT2D eigenvalue weighted by atomic mass is 16.5. The van der Waals surface area contributed by atoms with E-state index in [9.17, 15) is 4.79 Å². The Morgan fingerprint density at radius 2 is 1.49 bits per heavy atom. The van der Waals surface area contributed by atoms with Gasteiger partial charge < -0.3 is 0 Å². The summed E-state index contributed by atoms with van der Waals surface area (Å²) in [4.78, 5) is 11.7. The molecule has 1 amide bonds. The van der Waals surface area contributed by atoms with Gasteiger partial charge in [-0.25, -0.2) is 10.2 Å². The van der Waals surface area contributed by atoms with Gasteiger partial charge in [-0.15, -0.1) is 5.10 Å². The fourth-order valence-corrected chi connectivity index (χ4v) is 4.64. The van der Waals surface area contributed by atoms with E-state index in [1.807, 2.05) is 51.8 Å². The van der Waals surface area contributed by atoms with Crippen LogP contribution >= 0.6 is 0 Å². The molecule has 6 aromatic rings. The predicted octanol–water partition coefficient (Wildman–Crippen LogP) is 5.49. The molecule has 4 aromatic carbocycles. The Hall–Kier alpha value is -5.08. The van der Waals surface area contributed by atoms with E-state index in [0.717, 1.165) is 39.1 Å². The molecule has 0 saturated heterocycles. The zero-order valence-electron chi connectivity index (χ0n) is 21.3. The van der Waals surface area contributed by atoms with Crippen molar-refractivity contribution in [3.63, 3.8) is 0 Å². The number of fused-ring (bicyclic) bond motifs is 1. The van der Waals surface area contributed by atoms with Gasteiger partial charge in [0.15, 0.2) is 0 Å². The van der Waals surface area contributed by atoms with Crippen molar-refractivity contribution in [2.45, 2.75) is 20.0 Å². The van der Waals surface area contributed by atoms with Crippen molar-refractivity contribution in [3.8, 4) is 22.5 Å². The summed E-state index contributed by atoms with van der Waals surface area (Å²) in [6.45, 7) is 3.23. The maximum atomic E-state index is 11.7. The van der Waals surface area contributed by atoms with Gasteiger partial charge in [0.2, 0.25) is 0 Å². The van der Waals surface area contributed by atoms with Crippen LogP contribution in [0.25, 0.3) is 33.5 Å². The lowest BCUT2D eigenvalue weighted by atomic mass is 10.1. The van der Waals surface area contributed by atoms with Gasteiger partial charge in [-0.1, -0.05) is 83.6 Å². The third kappa shape index (κ3) is 5.05. The van der Waals surface area contributed by atoms with Crippen LogP contribution in [0.1, 0.15) is 27.0 Å². The third-order valence-electron chi connectivity index (χ3n) is 6.76. The van der Waals surface area contributed by atoms with Crippen molar-refractivity contribution < 1.29 is 10.0 Å². The zero-order valence-corrected chi connectivity index (χ0v) is 21.3. The molecule has 0 radical (unpaired) electrons. The van der Waals surface area contributed by atoms with E-state index >= 15 is 0 Å². The van der Waals surface area contributed by atoms with Crippen LogP contribution in [0.15, 0.2) is 103 Å². The van der Waals surface area contributed by atoms with Crippen LogP contribution in [0, 0.1) is 6.92 Å². The molecule has 192 valence electrons. The minimum absolute atomic E-state index is 0.384. The van der Waals surface area contributed by atoms with E-state index in [1.165, 1.54) is 11.1 Å². The SMILES string of the molecule is Cc1ccc(-c2cc(-c3ccc4c(c3)nnn4Cc3ccccc3)nn2Cc2ccc(C(=O)NO)cc2)cc1. The van der Waals surface area contributed by atoms with Gasteiger partial charge in [0.1, 0.15) is 5.52 Å². The average Bonchev–Trinajstić information content (AvgIpc) is 3.58. The number of benzene rings is 4. The standard InChI is InChI=1S/C31H26N6O2/c1-21-7-11-24(12-8-21)30-18-27(33-36(30)19-23-9-13-25(14-10-23)31(38)34-39)26-15-16-29-28(17-26)32-35-37(29)20-22-5-3-2-4-6-22/h2-18,39H,19-20H2,1H3,(H,34,38). The molecule has 0 saturated carbocycles. The highest BCUT2D eigenvalue weighted by Crippen LogP contribution is 2.29. The lowest BCUT2D eigenvalue weighted by Gasteiger charge is -2.09. The van der Waals surface area contributed by atoms with Crippen LogP contribution in [0.4, 0.5) is 0 Å². The van der Waals surface area contributed by atoms with Crippen molar-refractivity contribution in [2.75, 3.05) is 0 Å². The van der Waals surface area contributed by atoms with E-state index in [1.54, 1.807) is 17.6 Å². The number of nitrogens with one attached hydrogen (secondary N) is 1. The van der Waals surface area contributed by atoms with E-state index in [2.05, 4.69) is 65.8 Å². The molecule has 0 aliphatic rings. The molecule has 2 aromatic heterocycles. The molecule has 0 atom stereocenters. The number of rotatable bonds is 7. The number of hydroxylamine groups is 1. The van der Waals surface area contributed by atoms with Crippen LogP contribution in [0.2, 0.25) is 0 Å². The number of aryl methyl sites for hydroxylation is 1. The Kier molecular flexibility index (Phi) is 6.44. The maximum absolute atomic E-state index is 11.7. The number of carbonyl (C=O) groups excluding carboxylic acids is 1. The van der Waals surface area contributed by atoms with Crippen molar-refractivity contribution >= 4 is 16.9 Å². The van der Waals surface area contributed by atoms with Gasteiger partial charge in [0, 0.05) is 11.1 Å². The van der Waals surface area contributed by atoms with Gasteiger partial charge in [0.25, 0.3) is 5.91 Å². The van der Waals surface area contributed by atoms with E-state index in [-0.39, 0.29) is 0 Å². The first-order valence-corrected chi connectivity index (χ1v) is 12.6. The Balaban J connectivity index is 1.35. The third-order valence-corrected chi connectivity index (χ3v) is 6.76. The van der Waals surface area contributed by atoms with E-state index in [0.29, 0.717) is 18.7 Å². The fraction of sp³-hybridized carbons (Fsp3) is 0.0968. The number of hydrogen-bond acceptors (Lipinski definition) is 5. The smallest absolute Gasteiger partial charge is 0.274 e. The van der Waals surface area contributed by atoms with Crippen LogP contribution in [-0.2, 0) is 13.1 Å². The van der Waals surface area contributed by atoms with Crippen molar-refractivity contribution in [1.29, 1.82) is 0 Å². The first kappa shape index (κ1) is 24.3. The summed E-state index contributed by atoms with van der Waals surface area (Å²) in [5, 5.41) is 22.7. The Bertz CT molecular complexity index is 1750. The summed E-state index contributed by atoms with van der Waals surface area (Å²) in [5.41, 5.74) is 11.0. The zero-order chi connectivity index (χ0) is 26.8. The molecule has 8 nitrogen and oxygen atoms in total. The molecule has 2 heterocycles. The largest absolute Gasteiger partial charge is 0.288 e. The highest BCUT2D eigenvalue weighted by molar-refractivity contribution is 5.93. The number of amides is 1. The number of nitrogens with zero attached hydrogens (tertiary/aromatic N) is 5. The molecule has 0 unspecified atom stereocenters. The summed E-state index contributed by atoms with van der Waals surface area (Å²) in [5.74, 6) is -0.542. The second-order valence-corrected chi connectivity index (χ2v) is 9.51. The molecule has 39 heavy (non-hydrogen) atoms. The normalized spacial score (nSPS) is 11.1. The first-order valence-electron chi connectivity index (χ1n) is 12.6. The number of aromatic nitrogens is 5. The van der Waals surface area contributed by atoms with Crippen molar-refractivity contribution in [1.82, 2.24) is 30.3 Å². The predicted molar refractivity (Wildman–Crippen MR) is 149 cm³/mol. The van der Waals surface area contributed by atoms with Crippen LogP contribution in [0.3, 0.4) is 0 Å². The lowest BCUT2D eigenvalue weighted by Crippen LogP contribution is -2.18. The average molecular weight is 515 g/mol. The molecule has 6 rings (SSSR count). The molecule has 0 fully saturated rings. The summed E-state index contributed by atoms with van der Waals surface area (Å²) in [6.07, 6.45) is 0. The maximum Gasteiger partial charge on any atom is 0.274 e. The molecular formula is C31H26N6O2. The topological polar surface area (TPSA) is 97.9 Å². The molecule has 0 bridgehead atoms. The van der Waals surface area contributed by atoms with E-state index in [4.69, 9.17) is 10.3 Å². The fourth-order valence-electron chi connectivity index (χ4n) is 4.64. The second-order valence-electron chi connectivity index (χ2n) is 9.51. The van der Waals surface area contributed by atoms with Gasteiger partial charge in [-0.3, -0.25) is 14.7 Å². The molecule has 0 aliphatic carbocycles. The van der Waals surface area contributed by atoms with Crippen LogP contribution in [-0.4, -0.2) is 35.9 Å². The van der Waals surface area contributed by atoms with Gasteiger partial charge in [-0.05, 0) is 53.9 Å². The number of carbonyl (C=O) groups is 1. The molecule has 0 aliphatic heterocycles. The molecule has 8 heteroatoms. The van der Waals surface area contributed by atoms with Gasteiger partial charge >= 0.3 is 0 Å². The molecule has 0 spiro atoms. The minimum atomic E-state index is -0.542. The monoisotopic (exact) mass is 514 g/mol. The van der Waals surface area contributed by atoms with Gasteiger partial charge in [0.05, 0.1) is 30.0 Å². The second kappa shape index (κ2) is 10.4. The number of hydrogen-bond donors (Lipinski definition) is 2. The Morgan fingerprint density at radius 3 is 2.23 bits per heavy atom. The van der Waals surface area contributed by atoms with E-state index < -0.39 is 5.91 Å². The summed E-state index contributed by atoms with van der Waals surface area (Å²) < 4.78 is 3.88. The highest BCUT2D eigenvalue weighted by Gasteiger charge is 2.15. The first-order chi connectivity index (χ1) is 19.1. The van der Waals surface area contributed by atoms with Crippen LogP contribution < -0.4 is 5.48 Å². The van der Waals surface area contributed by atoms with Crippen molar-refractivity contribution in [2.24, 2.45) is 0 Å². The summed E-state index contributed by atoms with van der Waals surface area (Å²) in [6, 6.07) is 33.9. The quantitative estimate of drug-likeness (QED) is 0.217. The Labute approximate surface area is 225 Å². The summed E-state index contributed by atoms with van der Waals surface area (Å²) >= 11 is 0. The molecular weight excluding hydrogens is 488 g/mol. The molecule has 2 N–H and O–H groups in total. The minimum Gasteiger partial charge on any atom is -0.288 e. The summed E-state index contributed by atoms with van der Waals surface area (Å²) in [7, 11) is 0. The Morgan fingerprint density at radius 1 is 0.795 bits per heavy atom. The van der Waals surface area contributed by atoms with Crippen molar-refractivity contribution in [3.05, 3.63) is 125 Å². The van der Waals surface area contributed by atoms with Crippen LogP contribution in [0.5, 0.6) is 0 Å². The van der Waals surface area contributed by atoms with Gasteiger partial charge in [-0.2, -0.15) is 5.10 Å². The lowest BCUT2D eigenvalue weighted by molar-refractivity contribution is 0.0706.